The van der Waals surface area contributed by atoms with Crippen molar-refractivity contribution in [1.29, 1.82) is 5.26 Å². The lowest BCUT2D eigenvalue weighted by atomic mass is 10.2. The largest absolute Gasteiger partial charge is 0.477 e. The van der Waals surface area contributed by atoms with Gasteiger partial charge in [-0.3, -0.25) is 0 Å². The summed E-state index contributed by atoms with van der Waals surface area (Å²) in [5, 5.41) is 8.67. The first kappa shape index (κ1) is 16.1. The summed E-state index contributed by atoms with van der Waals surface area (Å²) in [6, 6.07) is 3.01. The molecule has 0 amide bonds. The van der Waals surface area contributed by atoms with Gasteiger partial charge in [0.05, 0.1) is 6.61 Å². The van der Waals surface area contributed by atoms with E-state index in [2.05, 4.69) is 4.98 Å². The lowest BCUT2D eigenvalue weighted by Crippen LogP contribution is -2.12. The zero-order valence-electron chi connectivity index (χ0n) is 9.85. The molecule has 3 nitrogen and oxygen atoms in total. The summed E-state index contributed by atoms with van der Waals surface area (Å²) < 4.78 is 77.5. The molecule has 1 heterocycles. The summed E-state index contributed by atoms with van der Waals surface area (Å²) in [7, 11) is 0. The Morgan fingerprint density at radius 1 is 1.15 bits per heavy atom. The van der Waals surface area contributed by atoms with Gasteiger partial charge in [-0.25, -0.2) is 4.98 Å². The predicted octanol–water partition coefficient (Wildman–Crippen LogP) is 3.69. The van der Waals surface area contributed by atoms with Gasteiger partial charge >= 0.3 is 12.4 Å². The molecule has 0 aliphatic carbocycles. The van der Waals surface area contributed by atoms with E-state index in [0.717, 1.165) is 6.07 Å². The highest BCUT2D eigenvalue weighted by Gasteiger charge is 2.33. The Labute approximate surface area is 109 Å². The van der Waals surface area contributed by atoms with Gasteiger partial charge in [0.2, 0.25) is 5.88 Å². The molecule has 20 heavy (non-hydrogen) atoms. The third kappa shape index (κ3) is 4.95. The number of hydrogen-bond donors (Lipinski definition) is 0. The van der Waals surface area contributed by atoms with Crippen molar-refractivity contribution in [3.05, 3.63) is 23.4 Å². The van der Waals surface area contributed by atoms with Gasteiger partial charge in [0.15, 0.2) is 0 Å². The van der Waals surface area contributed by atoms with Crippen LogP contribution < -0.4 is 4.74 Å². The highest BCUT2D eigenvalue weighted by molar-refractivity contribution is 5.39. The normalized spacial score (nSPS) is 12.1. The van der Waals surface area contributed by atoms with Gasteiger partial charge in [0.25, 0.3) is 0 Å². The monoisotopic (exact) mass is 298 g/mol. The van der Waals surface area contributed by atoms with Gasteiger partial charge in [0.1, 0.15) is 17.3 Å². The Balaban J connectivity index is 2.75. The summed E-state index contributed by atoms with van der Waals surface area (Å²) in [5.41, 5.74) is -1.55. The number of ether oxygens (including phenoxy) is 1. The molecule has 0 saturated heterocycles. The third-order valence-electron chi connectivity index (χ3n) is 2.11. The number of hydrogen-bond acceptors (Lipinski definition) is 3. The zero-order valence-corrected chi connectivity index (χ0v) is 9.85. The van der Waals surface area contributed by atoms with Crippen molar-refractivity contribution < 1.29 is 31.1 Å². The minimum Gasteiger partial charge on any atom is -0.477 e. The van der Waals surface area contributed by atoms with Crippen molar-refractivity contribution in [1.82, 2.24) is 4.98 Å². The molecule has 0 spiro atoms. The molecule has 0 fully saturated rings. The van der Waals surface area contributed by atoms with Crippen LogP contribution in [0.4, 0.5) is 26.3 Å². The lowest BCUT2D eigenvalue weighted by Gasteiger charge is -2.11. The Kier molecular flexibility index (Phi) is 4.81. The smallest absolute Gasteiger partial charge is 0.433 e. The number of pyridine rings is 1. The van der Waals surface area contributed by atoms with Gasteiger partial charge in [-0.15, -0.1) is 0 Å². The van der Waals surface area contributed by atoms with E-state index in [1.165, 1.54) is 0 Å². The average Bonchev–Trinajstić information content (AvgIpc) is 2.32. The predicted molar refractivity (Wildman–Crippen MR) is 54.7 cm³/mol. The average molecular weight is 298 g/mol. The van der Waals surface area contributed by atoms with E-state index in [1.54, 1.807) is 6.07 Å². The van der Waals surface area contributed by atoms with Crippen LogP contribution in [0, 0.1) is 11.3 Å². The maximum absolute atomic E-state index is 12.4. The van der Waals surface area contributed by atoms with E-state index in [-0.39, 0.29) is 5.56 Å². The standard InChI is InChI=1S/C11H8F6N2O/c12-10(13,14)4-1-5-20-9-7(6-18)2-3-8(19-9)11(15,16)17/h2-3H,1,4-5H2. The van der Waals surface area contributed by atoms with Crippen molar-refractivity contribution in [2.24, 2.45) is 0 Å². The van der Waals surface area contributed by atoms with Crippen LogP contribution in [0.5, 0.6) is 5.88 Å². The number of alkyl halides is 6. The molecule has 1 rings (SSSR count). The molecule has 110 valence electrons. The van der Waals surface area contributed by atoms with Crippen LogP contribution in [0.2, 0.25) is 0 Å². The second-order valence-electron chi connectivity index (χ2n) is 3.73. The van der Waals surface area contributed by atoms with E-state index in [0.29, 0.717) is 6.07 Å². The number of rotatable bonds is 4. The highest BCUT2D eigenvalue weighted by Crippen LogP contribution is 2.30. The topological polar surface area (TPSA) is 45.9 Å². The molecule has 0 saturated carbocycles. The van der Waals surface area contributed by atoms with Crippen LogP contribution in [-0.4, -0.2) is 17.8 Å². The quantitative estimate of drug-likeness (QED) is 0.629. The van der Waals surface area contributed by atoms with E-state index >= 15 is 0 Å². The summed E-state index contributed by atoms with van der Waals surface area (Å²) in [5.74, 6) is -0.621. The van der Waals surface area contributed by atoms with Crippen LogP contribution in [0.1, 0.15) is 24.1 Å². The van der Waals surface area contributed by atoms with Crippen LogP contribution in [-0.2, 0) is 6.18 Å². The van der Waals surface area contributed by atoms with Crippen LogP contribution in [0.25, 0.3) is 0 Å². The maximum atomic E-state index is 12.4. The fourth-order valence-electron chi connectivity index (χ4n) is 1.23. The third-order valence-corrected chi connectivity index (χ3v) is 2.11. The van der Waals surface area contributed by atoms with E-state index < -0.39 is 43.4 Å². The first-order chi connectivity index (χ1) is 9.13. The second kappa shape index (κ2) is 5.98. The zero-order chi connectivity index (χ0) is 15.4. The van der Waals surface area contributed by atoms with Gasteiger partial charge in [0, 0.05) is 6.42 Å². The Morgan fingerprint density at radius 3 is 2.30 bits per heavy atom. The first-order valence-electron chi connectivity index (χ1n) is 5.31. The Hall–Kier alpha value is -1.98. The number of halogens is 6. The van der Waals surface area contributed by atoms with E-state index in [4.69, 9.17) is 10.00 Å². The Bertz CT molecular complexity index is 503. The molecule has 0 N–H and O–H groups in total. The van der Waals surface area contributed by atoms with Gasteiger partial charge in [-0.2, -0.15) is 31.6 Å². The molecule has 1 aromatic rings. The molecule has 0 aliphatic heterocycles. The SMILES string of the molecule is N#Cc1ccc(C(F)(F)F)nc1OCCCC(F)(F)F. The van der Waals surface area contributed by atoms with Crippen molar-refractivity contribution in [3.63, 3.8) is 0 Å². The van der Waals surface area contributed by atoms with Crippen molar-refractivity contribution in [2.75, 3.05) is 6.61 Å². The molecule has 0 aliphatic rings. The summed E-state index contributed by atoms with van der Waals surface area (Å²) in [4.78, 5) is 3.10. The molecular formula is C11H8F6N2O. The molecular weight excluding hydrogens is 290 g/mol. The van der Waals surface area contributed by atoms with Gasteiger partial charge in [-0.05, 0) is 18.6 Å². The van der Waals surface area contributed by atoms with Crippen molar-refractivity contribution in [3.8, 4) is 11.9 Å². The number of aromatic nitrogens is 1. The molecule has 1 aromatic heterocycles. The molecule has 9 heteroatoms. The summed E-state index contributed by atoms with van der Waals surface area (Å²) in [6.07, 6.45) is -10.7. The minimum absolute atomic E-state index is 0.273. The summed E-state index contributed by atoms with van der Waals surface area (Å²) >= 11 is 0. The summed E-state index contributed by atoms with van der Waals surface area (Å²) in [6.45, 7) is -0.484. The molecule has 0 unspecified atom stereocenters. The maximum Gasteiger partial charge on any atom is 0.433 e. The fraction of sp³-hybridized carbons (Fsp3) is 0.455. The van der Waals surface area contributed by atoms with Gasteiger partial charge < -0.3 is 4.74 Å². The lowest BCUT2D eigenvalue weighted by molar-refractivity contribution is -0.141. The first-order valence-corrected chi connectivity index (χ1v) is 5.31. The molecule has 0 radical (unpaired) electrons. The number of nitriles is 1. The fourth-order valence-corrected chi connectivity index (χ4v) is 1.23. The molecule has 0 aromatic carbocycles. The second-order valence-corrected chi connectivity index (χ2v) is 3.73. The van der Waals surface area contributed by atoms with E-state index in [1.807, 2.05) is 0 Å². The van der Waals surface area contributed by atoms with Crippen molar-refractivity contribution in [2.45, 2.75) is 25.2 Å². The number of nitrogens with zero attached hydrogens (tertiary/aromatic N) is 2. The van der Waals surface area contributed by atoms with Crippen LogP contribution in [0.3, 0.4) is 0 Å². The van der Waals surface area contributed by atoms with E-state index in [9.17, 15) is 26.3 Å². The highest BCUT2D eigenvalue weighted by atomic mass is 19.4. The van der Waals surface area contributed by atoms with Crippen LogP contribution >= 0.6 is 0 Å². The minimum atomic E-state index is -4.72. The molecule has 0 bridgehead atoms. The van der Waals surface area contributed by atoms with Gasteiger partial charge in [-0.1, -0.05) is 0 Å². The Morgan fingerprint density at radius 2 is 1.80 bits per heavy atom. The van der Waals surface area contributed by atoms with Crippen LogP contribution in [0.15, 0.2) is 12.1 Å². The molecule has 0 atom stereocenters. The van der Waals surface area contributed by atoms with Crippen molar-refractivity contribution >= 4 is 0 Å².